The highest BCUT2D eigenvalue weighted by atomic mass is 19.1. The summed E-state index contributed by atoms with van der Waals surface area (Å²) in [7, 11) is 0. The van der Waals surface area contributed by atoms with Crippen LogP contribution >= 0.6 is 0 Å². The Bertz CT molecular complexity index is 1060. The number of hydrogen-bond donors (Lipinski definition) is 1. The predicted molar refractivity (Wildman–Crippen MR) is 96.7 cm³/mol. The molecule has 2 atom stereocenters. The number of aromatic amines is 1. The van der Waals surface area contributed by atoms with Gasteiger partial charge in [0.1, 0.15) is 17.1 Å². The van der Waals surface area contributed by atoms with E-state index >= 15 is 0 Å². The summed E-state index contributed by atoms with van der Waals surface area (Å²) in [6.07, 6.45) is 3.51. The number of H-pyrrole nitrogens is 1. The van der Waals surface area contributed by atoms with Crippen molar-refractivity contribution in [1.29, 1.82) is 0 Å². The third kappa shape index (κ3) is 2.20. The molecular weight excluding hydrogens is 347 g/mol. The fourth-order valence-corrected chi connectivity index (χ4v) is 4.73. The van der Waals surface area contributed by atoms with E-state index in [-0.39, 0.29) is 11.7 Å². The molecule has 0 unspecified atom stereocenters. The van der Waals surface area contributed by atoms with Crippen LogP contribution in [0, 0.1) is 18.7 Å². The Kier molecular flexibility index (Phi) is 3.44. The second-order valence-corrected chi connectivity index (χ2v) is 7.63. The molecule has 27 heavy (non-hydrogen) atoms. The molecule has 5 rings (SSSR count). The molecular formula is C20H21FN4O2. The van der Waals surface area contributed by atoms with Gasteiger partial charge in [-0.1, -0.05) is 6.92 Å². The summed E-state index contributed by atoms with van der Waals surface area (Å²) in [6, 6.07) is 4.72. The maximum absolute atomic E-state index is 13.7. The van der Waals surface area contributed by atoms with E-state index in [4.69, 9.17) is 4.42 Å². The summed E-state index contributed by atoms with van der Waals surface area (Å²) >= 11 is 0. The molecule has 6 nitrogen and oxygen atoms in total. The van der Waals surface area contributed by atoms with Crippen LogP contribution in [0.3, 0.4) is 0 Å². The van der Waals surface area contributed by atoms with Crippen molar-refractivity contribution < 1.29 is 13.6 Å². The number of nitrogens with one attached hydrogen (secondary N) is 1. The van der Waals surface area contributed by atoms with Crippen LogP contribution in [0.4, 0.5) is 4.39 Å². The number of aryl methyl sites for hydroxylation is 2. The van der Waals surface area contributed by atoms with Gasteiger partial charge in [0.15, 0.2) is 0 Å². The van der Waals surface area contributed by atoms with Crippen LogP contribution in [0.1, 0.15) is 54.0 Å². The van der Waals surface area contributed by atoms with E-state index in [0.29, 0.717) is 41.9 Å². The van der Waals surface area contributed by atoms with Crippen molar-refractivity contribution in [3.63, 3.8) is 0 Å². The summed E-state index contributed by atoms with van der Waals surface area (Å²) in [5.74, 6) is 1.11. The van der Waals surface area contributed by atoms with E-state index < -0.39 is 5.54 Å². The lowest BCUT2D eigenvalue weighted by molar-refractivity contribution is -0.00386. The zero-order valence-corrected chi connectivity index (χ0v) is 15.4. The smallest absolute Gasteiger partial charge is 0.271 e. The summed E-state index contributed by atoms with van der Waals surface area (Å²) in [5.41, 5.74) is 1.43. The number of amides is 1. The minimum atomic E-state index is -0.491. The Labute approximate surface area is 155 Å². The highest BCUT2D eigenvalue weighted by Gasteiger charge is 2.61. The summed E-state index contributed by atoms with van der Waals surface area (Å²) < 4.78 is 19.6. The molecule has 0 spiro atoms. The lowest BCUT2D eigenvalue weighted by atomic mass is 9.67. The van der Waals surface area contributed by atoms with E-state index in [1.54, 1.807) is 0 Å². The zero-order chi connectivity index (χ0) is 18.8. The molecule has 2 aromatic heterocycles. The van der Waals surface area contributed by atoms with Crippen LogP contribution in [0.15, 0.2) is 22.6 Å². The first-order valence-corrected chi connectivity index (χ1v) is 9.46. The second-order valence-electron chi connectivity index (χ2n) is 7.63. The lowest BCUT2D eigenvalue weighted by Gasteiger charge is -2.46. The van der Waals surface area contributed by atoms with Crippen molar-refractivity contribution in [2.45, 2.75) is 45.1 Å². The number of halogens is 1. The van der Waals surface area contributed by atoms with Crippen LogP contribution < -0.4 is 0 Å². The normalized spacial score (nSPS) is 24.3. The number of carbonyl (C=O) groups excluding carboxylic acids is 1. The highest BCUT2D eigenvalue weighted by molar-refractivity contribution is 5.99. The van der Waals surface area contributed by atoms with Crippen molar-refractivity contribution in [3.05, 3.63) is 47.1 Å². The second kappa shape index (κ2) is 5.65. The topological polar surface area (TPSA) is 75.0 Å². The zero-order valence-electron chi connectivity index (χ0n) is 15.4. The molecule has 1 amide bonds. The molecule has 1 saturated carbocycles. The standard InChI is InChI=1S/C20H21FN4O2/c1-3-17-23-24-19(27-17)20-6-4-12(20)5-7-25(20)18(26)16-10-14-11(2)8-13(21)9-15(14)22-16/h8-10,12,22H,3-7H2,1-2H3/t12-,20-/m0/s1. The molecule has 1 saturated heterocycles. The molecule has 1 N–H and O–H groups in total. The van der Waals surface area contributed by atoms with Gasteiger partial charge in [0.05, 0.1) is 0 Å². The lowest BCUT2D eigenvalue weighted by Crippen LogP contribution is -2.54. The van der Waals surface area contributed by atoms with Gasteiger partial charge in [-0.2, -0.15) is 0 Å². The Morgan fingerprint density at radius 1 is 1.37 bits per heavy atom. The third-order valence-corrected chi connectivity index (χ3v) is 6.26. The third-order valence-electron chi connectivity index (χ3n) is 6.26. The minimum absolute atomic E-state index is 0.0931. The first kappa shape index (κ1) is 16.5. The number of likely N-dealkylation sites (tertiary alicyclic amines) is 1. The Morgan fingerprint density at radius 3 is 2.93 bits per heavy atom. The molecule has 2 aliphatic rings. The average Bonchev–Trinajstić information content (AvgIpc) is 3.31. The molecule has 1 aliphatic heterocycles. The maximum Gasteiger partial charge on any atom is 0.271 e. The van der Waals surface area contributed by atoms with Gasteiger partial charge < -0.3 is 14.3 Å². The number of aromatic nitrogens is 3. The minimum Gasteiger partial charge on any atom is -0.423 e. The molecule has 1 aromatic carbocycles. The van der Waals surface area contributed by atoms with Gasteiger partial charge in [0.2, 0.25) is 11.8 Å². The summed E-state index contributed by atoms with van der Waals surface area (Å²) in [4.78, 5) is 18.3. The maximum atomic E-state index is 13.7. The van der Waals surface area contributed by atoms with E-state index in [1.165, 1.54) is 12.1 Å². The van der Waals surface area contributed by atoms with Crippen molar-refractivity contribution >= 4 is 16.8 Å². The number of hydrogen-bond acceptors (Lipinski definition) is 4. The fraction of sp³-hybridized carbons (Fsp3) is 0.450. The van der Waals surface area contributed by atoms with Crippen molar-refractivity contribution in [2.75, 3.05) is 6.54 Å². The van der Waals surface area contributed by atoms with E-state index in [1.807, 2.05) is 24.8 Å². The van der Waals surface area contributed by atoms with Crippen molar-refractivity contribution in [2.24, 2.45) is 5.92 Å². The largest absolute Gasteiger partial charge is 0.423 e. The molecule has 3 heterocycles. The summed E-state index contributed by atoms with van der Waals surface area (Å²) in [5, 5.41) is 9.24. The number of fused-ring (bicyclic) bond motifs is 2. The molecule has 0 radical (unpaired) electrons. The van der Waals surface area contributed by atoms with Gasteiger partial charge in [-0.3, -0.25) is 4.79 Å². The van der Waals surface area contributed by atoms with E-state index in [0.717, 1.165) is 30.2 Å². The first-order valence-electron chi connectivity index (χ1n) is 9.46. The monoisotopic (exact) mass is 368 g/mol. The Morgan fingerprint density at radius 2 is 2.22 bits per heavy atom. The van der Waals surface area contributed by atoms with E-state index in [9.17, 15) is 9.18 Å². The molecule has 1 aliphatic carbocycles. The molecule has 0 bridgehead atoms. The van der Waals surface area contributed by atoms with Crippen LogP contribution in [-0.2, 0) is 12.0 Å². The van der Waals surface area contributed by atoms with Crippen LogP contribution in [-0.4, -0.2) is 32.5 Å². The van der Waals surface area contributed by atoms with Gasteiger partial charge in [-0.25, -0.2) is 4.39 Å². The van der Waals surface area contributed by atoms with Gasteiger partial charge in [0, 0.05) is 23.9 Å². The number of benzene rings is 1. The highest BCUT2D eigenvalue weighted by Crippen LogP contribution is 2.56. The number of nitrogens with zero attached hydrogens (tertiary/aromatic N) is 3. The molecule has 3 aromatic rings. The first-order chi connectivity index (χ1) is 13.0. The number of carbonyl (C=O) groups is 1. The van der Waals surface area contributed by atoms with Crippen molar-refractivity contribution in [1.82, 2.24) is 20.1 Å². The Hall–Kier alpha value is -2.70. The van der Waals surface area contributed by atoms with Gasteiger partial charge in [0.25, 0.3) is 5.91 Å². The van der Waals surface area contributed by atoms with Gasteiger partial charge in [-0.15, -0.1) is 10.2 Å². The predicted octanol–water partition coefficient (Wildman–Crippen LogP) is 3.71. The average molecular weight is 368 g/mol. The summed E-state index contributed by atoms with van der Waals surface area (Å²) in [6.45, 7) is 4.48. The Balaban J connectivity index is 1.55. The SMILES string of the molecule is CCc1nnc([C@]23CC[C@H]2CCN3C(=O)c2cc3c(C)cc(F)cc3[nH]2)o1. The van der Waals surface area contributed by atoms with Crippen LogP contribution in [0.2, 0.25) is 0 Å². The van der Waals surface area contributed by atoms with Crippen molar-refractivity contribution in [3.8, 4) is 0 Å². The fourth-order valence-electron chi connectivity index (χ4n) is 4.73. The molecule has 7 heteroatoms. The van der Waals surface area contributed by atoms with Gasteiger partial charge in [-0.05, 0) is 55.9 Å². The van der Waals surface area contributed by atoms with Crippen LogP contribution in [0.25, 0.3) is 10.9 Å². The van der Waals surface area contributed by atoms with Crippen LogP contribution in [0.5, 0.6) is 0 Å². The quantitative estimate of drug-likeness (QED) is 0.765. The van der Waals surface area contributed by atoms with E-state index in [2.05, 4.69) is 15.2 Å². The van der Waals surface area contributed by atoms with Gasteiger partial charge >= 0.3 is 0 Å². The molecule has 2 fully saturated rings. The molecule has 140 valence electrons. The number of rotatable bonds is 3.